The predicted molar refractivity (Wildman–Crippen MR) is 99.2 cm³/mol. The number of carbonyl (C=O) groups is 1. The fourth-order valence-corrected chi connectivity index (χ4v) is 2.52. The Balaban J connectivity index is 2.06. The minimum Gasteiger partial charge on any atom is -0.497 e. The van der Waals surface area contributed by atoms with Gasteiger partial charge in [-0.05, 0) is 44.2 Å². The topological polar surface area (TPSA) is 66.0 Å². The third-order valence-corrected chi connectivity index (χ3v) is 3.99. The first kappa shape index (κ1) is 19.4. The summed E-state index contributed by atoms with van der Waals surface area (Å²) in [7, 11) is 4.77. The summed E-state index contributed by atoms with van der Waals surface area (Å²) in [4.78, 5) is 12.5. The molecule has 0 spiro atoms. The lowest BCUT2D eigenvalue weighted by Gasteiger charge is -2.21. The van der Waals surface area contributed by atoms with Gasteiger partial charge in [-0.15, -0.1) is 0 Å². The lowest BCUT2D eigenvalue weighted by molar-refractivity contribution is -0.127. The van der Waals surface area contributed by atoms with Gasteiger partial charge in [-0.1, -0.05) is 6.07 Å². The highest BCUT2D eigenvalue weighted by molar-refractivity contribution is 5.81. The summed E-state index contributed by atoms with van der Waals surface area (Å²) < 4.78 is 21.5. The predicted octanol–water partition coefficient (Wildman–Crippen LogP) is 3.36. The maximum absolute atomic E-state index is 12.5. The van der Waals surface area contributed by atoms with E-state index in [1.54, 1.807) is 40.4 Å². The molecule has 1 amide bonds. The fourth-order valence-electron chi connectivity index (χ4n) is 2.52. The van der Waals surface area contributed by atoms with E-state index in [1.807, 2.05) is 37.3 Å². The zero-order valence-corrected chi connectivity index (χ0v) is 15.7. The van der Waals surface area contributed by atoms with E-state index in [2.05, 4.69) is 5.32 Å². The molecule has 26 heavy (non-hydrogen) atoms. The van der Waals surface area contributed by atoms with Crippen molar-refractivity contribution >= 4 is 5.91 Å². The average molecular weight is 359 g/mol. The second-order valence-corrected chi connectivity index (χ2v) is 5.78. The van der Waals surface area contributed by atoms with Crippen molar-refractivity contribution in [2.75, 3.05) is 21.3 Å². The minimum atomic E-state index is -0.666. The van der Waals surface area contributed by atoms with Crippen LogP contribution in [0.5, 0.6) is 23.0 Å². The Kier molecular flexibility index (Phi) is 6.72. The molecule has 140 valence electrons. The number of nitrogens with one attached hydrogen (secondary N) is 1. The van der Waals surface area contributed by atoms with Crippen LogP contribution in [0.25, 0.3) is 0 Å². The summed E-state index contributed by atoms with van der Waals surface area (Å²) in [6, 6.07) is 12.3. The summed E-state index contributed by atoms with van der Waals surface area (Å²) in [6.07, 6.45) is -0.666. The van der Waals surface area contributed by atoms with Crippen molar-refractivity contribution in [3.8, 4) is 23.0 Å². The SMILES string of the molecule is COc1cccc(O[C@H](C)C(=O)N[C@@H](C)c2cc(OC)ccc2OC)c1. The summed E-state index contributed by atoms with van der Waals surface area (Å²) in [5.74, 6) is 2.39. The van der Waals surface area contributed by atoms with Crippen molar-refractivity contribution in [1.29, 1.82) is 0 Å². The molecular weight excluding hydrogens is 334 g/mol. The van der Waals surface area contributed by atoms with Gasteiger partial charge < -0.3 is 24.3 Å². The van der Waals surface area contributed by atoms with Crippen molar-refractivity contribution in [2.24, 2.45) is 0 Å². The van der Waals surface area contributed by atoms with E-state index < -0.39 is 6.10 Å². The molecule has 6 heteroatoms. The van der Waals surface area contributed by atoms with Gasteiger partial charge in [0.1, 0.15) is 23.0 Å². The van der Waals surface area contributed by atoms with Gasteiger partial charge in [-0.25, -0.2) is 0 Å². The molecule has 0 heterocycles. The molecule has 1 N–H and O–H groups in total. The van der Waals surface area contributed by atoms with Crippen LogP contribution < -0.4 is 24.3 Å². The molecule has 0 fully saturated rings. The molecule has 0 saturated carbocycles. The van der Waals surface area contributed by atoms with Crippen LogP contribution in [0.1, 0.15) is 25.5 Å². The summed E-state index contributed by atoms with van der Waals surface area (Å²) in [5, 5.41) is 2.94. The van der Waals surface area contributed by atoms with Gasteiger partial charge in [0, 0.05) is 11.6 Å². The molecular formula is C20H25NO5. The molecule has 2 rings (SSSR count). The first-order valence-electron chi connectivity index (χ1n) is 8.31. The second-order valence-electron chi connectivity index (χ2n) is 5.78. The summed E-state index contributed by atoms with van der Waals surface area (Å²) in [6.45, 7) is 3.58. The molecule has 0 bridgehead atoms. The normalized spacial score (nSPS) is 12.7. The quantitative estimate of drug-likeness (QED) is 0.783. The molecule has 0 saturated heterocycles. The van der Waals surface area contributed by atoms with E-state index in [1.165, 1.54) is 0 Å². The van der Waals surface area contributed by atoms with Gasteiger partial charge in [-0.3, -0.25) is 4.79 Å². The Morgan fingerprint density at radius 1 is 0.885 bits per heavy atom. The monoisotopic (exact) mass is 359 g/mol. The van der Waals surface area contributed by atoms with E-state index in [0.717, 1.165) is 5.56 Å². The molecule has 6 nitrogen and oxygen atoms in total. The minimum absolute atomic E-state index is 0.231. The van der Waals surface area contributed by atoms with Gasteiger partial charge in [0.2, 0.25) is 0 Å². The Labute approximate surface area is 154 Å². The Morgan fingerprint density at radius 2 is 1.54 bits per heavy atom. The van der Waals surface area contributed by atoms with Crippen LogP contribution in [0.4, 0.5) is 0 Å². The van der Waals surface area contributed by atoms with Gasteiger partial charge in [-0.2, -0.15) is 0 Å². The smallest absolute Gasteiger partial charge is 0.261 e. The molecule has 0 aliphatic heterocycles. The Bertz CT molecular complexity index is 747. The highest BCUT2D eigenvalue weighted by Gasteiger charge is 2.20. The van der Waals surface area contributed by atoms with Crippen molar-refractivity contribution in [2.45, 2.75) is 26.0 Å². The molecule has 0 unspecified atom stereocenters. The molecule has 2 atom stereocenters. The highest BCUT2D eigenvalue weighted by atomic mass is 16.5. The maximum atomic E-state index is 12.5. The van der Waals surface area contributed by atoms with Crippen LogP contribution in [0.15, 0.2) is 42.5 Å². The van der Waals surface area contributed by atoms with Crippen LogP contribution in [-0.4, -0.2) is 33.3 Å². The molecule has 2 aromatic carbocycles. The van der Waals surface area contributed by atoms with E-state index in [4.69, 9.17) is 18.9 Å². The second kappa shape index (κ2) is 8.99. The number of methoxy groups -OCH3 is 3. The van der Waals surface area contributed by atoms with E-state index in [9.17, 15) is 4.79 Å². The van der Waals surface area contributed by atoms with Gasteiger partial charge >= 0.3 is 0 Å². The van der Waals surface area contributed by atoms with Crippen molar-refractivity contribution < 1.29 is 23.7 Å². The first-order valence-corrected chi connectivity index (χ1v) is 8.31. The number of hydrogen-bond donors (Lipinski definition) is 1. The van der Waals surface area contributed by atoms with Gasteiger partial charge in [0.15, 0.2) is 6.10 Å². The summed E-state index contributed by atoms with van der Waals surface area (Å²) >= 11 is 0. The first-order chi connectivity index (χ1) is 12.5. The molecule has 0 radical (unpaired) electrons. The van der Waals surface area contributed by atoms with E-state index in [0.29, 0.717) is 23.0 Å². The standard InChI is InChI=1S/C20H25NO5/c1-13(18-12-16(24-4)9-10-19(18)25-5)21-20(22)14(2)26-17-8-6-7-15(11-17)23-3/h6-14H,1-5H3,(H,21,22)/t13-,14+/m0/s1. The third-order valence-electron chi connectivity index (χ3n) is 3.99. The average Bonchev–Trinajstić information content (AvgIpc) is 2.67. The lowest BCUT2D eigenvalue weighted by atomic mass is 10.1. The number of ether oxygens (including phenoxy) is 4. The maximum Gasteiger partial charge on any atom is 0.261 e. The number of benzene rings is 2. The lowest BCUT2D eigenvalue weighted by Crippen LogP contribution is -2.37. The highest BCUT2D eigenvalue weighted by Crippen LogP contribution is 2.29. The Hall–Kier alpha value is -2.89. The molecule has 0 aliphatic rings. The Morgan fingerprint density at radius 3 is 2.19 bits per heavy atom. The van der Waals surface area contributed by atoms with Crippen LogP contribution in [0, 0.1) is 0 Å². The zero-order chi connectivity index (χ0) is 19.1. The number of hydrogen-bond acceptors (Lipinski definition) is 5. The van der Waals surface area contributed by atoms with Gasteiger partial charge in [0.25, 0.3) is 5.91 Å². The van der Waals surface area contributed by atoms with Crippen LogP contribution in [-0.2, 0) is 4.79 Å². The number of amides is 1. The molecule has 0 aromatic heterocycles. The van der Waals surface area contributed by atoms with Crippen molar-refractivity contribution in [3.05, 3.63) is 48.0 Å². The number of rotatable bonds is 8. The van der Waals surface area contributed by atoms with Crippen molar-refractivity contribution in [1.82, 2.24) is 5.32 Å². The molecule has 0 aliphatic carbocycles. The van der Waals surface area contributed by atoms with E-state index >= 15 is 0 Å². The van der Waals surface area contributed by atoms with Gasteiger partial charge in [0.05, 0.1) is 27.4 Å². The number of carbonyl (C=O) groups excluding carboxylic acids is 1. The molecule has 2 aromatic rings. The van der Waals surface area contributed by atoms with Crippen molar-refractivity contribution in [3.63, 3.8) is 0 Å². The van der Waals surface area contributed by atoms with Crippen LogP contribution in [0.2, 0.25) is 0 Å². The fraction of sp³-hybridized carbons (Fsp3) is 0.350. The summed E-state index contributed by atoms with van der Waals surface area (Å²) in [5.41, 5.74) is 0.828. The van der Waals surface area contributed by atoms with Crippen LogP contribution >= 0.6 is 0 Å². The largest absolute Gasteiger partial charge is 0.497 e. The zero-order valence-electron chi connectivity index (χ0n) is 15.7. The van der Waals surface area contributed by atoms with Crippen LogP contribution in [0.3, 0.4) is 0 Å². The third kappa shape index (κ3) is 4.81. The van der Waals surface area contributed by atoms with E-state index in [-0.39, 0.29) is 11.9 Å².